The van der Waals surface area contributed by atoms with Gasteiger partial charge in [-0.25, -0.2) is 13.1 Å². The minimum Gasteiger partial charge on any atom is -0.363 e. The summed E-state index contributed by atoms with van der Waals surface area (Å²) in [5, 5.41) is 9.88. The predicted octanol–water partition coefficient (Wildman–Crippen LogP) is 2.12. The van der Waals surface area contributed by atoms with E-state index >= 15 is 0 Å². The minimum absolute atomic E-state index is 0.01000. The molecular formula is C14H16N4O3S2. The van der Waals surface area contributed by atoms with E-state index in [1.807, 2.05) is 42.1 Å². The lowest BCUT2D eigenvalue weighted by molar-refractivity contribution is 0.417. The molecule has 0 saturated heterocycles. The van der Waals surface area contributed by atoms with Gasteiger partial charge in [-0.05, 0) is 31.4 Å². The monoisotopic (exact) mass is 352 g/mol. The van der Waals surface area contributed by atoms with Crippen molar-refractivity contribution in [3.05, 3.63) is 52.3 Å². The maximum atomic E-state index is 12.3. The summed E-state index contributed by atoms with van der Waals surface area (Å²) in [7, 11) is -3.66. The van der Waals surface area contributed by atoms with Crippen LogP contribution in [0.15, 0.2) is 45.5 Å². The quantitative estimate of drug-likeness (QED) is 0.734. The summed E-state index contributed by atoms with van der Waals surface area (Å²) >= 11 is 1.57. The highest BCUT2D eigenvalue weighted by atomic mass is 32.2. The molecule has 0 saturated carbocycles. The second kappa shape index (κ2) is 6.26. The molecule has 9 heteroatoms. The average molecular weight is 352 g/mol. The Labute approximate surface area is 138 Å². The maximum absolute atomic E-state index is 12.3. The van der Waals surface area contributed by atoms with Gasteiger partial charge in [-0.1, -0.05) is 11.2 Å². The Morgan fingerprint density at radius 2 is 2.26 bits per heavy atom. The van der Waals surface area contributed by atoms with Gasteiger partial charge >= 0.3 is 0 Å². The number of aromatic nitrogens is 3. The van der Waals surface area contributed by atoms with Crippen LogP contribution in [0.4, 0.5) is 0 Å². The highest BCUT2D eigenvalue weighted by Gasteiger charge is 2.23. The number of hydrogen-bond acceptors (Lipinski definition) is 6. The smallest absolute Gasteiger partial charge is 0.245 e. The maximum Gasteiger partial charge on any atom is 0.245 e. The lowest BCUT2D eigenvalue weighted by atomic mass is 10.2. The van der Waals surface area contributed by atoms with Gasteiger partial charge in [0.15, 0.2) is 0 Å². The molecule has 0 aliphatic heterocycles. The first-order chi connectivity index (χ1) is 11.0. The van der Waals surface area contributed by atoms with E-state index < -0.39 is 10.0 Å². The van der Waals surface area contributed by atoms with Crippen LogP contribution in [0.25, 0.3) is 0 Å². The fourth-order valence-electron chi connectivity index (χ4n) is 2.35. The summed E-state index contributed by atoms with van der Waals surface area (Å²) < 4.78 is 33.6. The van der Waals surface area contributed by atoms with E-state index in [0.717, 1.165) is 22.5 Å². The summed E-state index contributed by atoms with van der Waals surface area (Å²) in [5.41, 5.74) is 1.87. The summed E-state index contributed by atoms with van der Waals surface area (Å²) in [6, 6.07) is 5.67. The Morgan fingerprint density at radius 1 is 1.43 bits per heavy atom. The third-order valence-corrected chi connectivity index (χ3v) is 5.74. The third-order valence-electron chi connectivity index (χ3n) is 3.40. The number of rotatable bonds is 6. The highest BCUT2D eigenvalue weighted by Crippen LogP contribution is 2.24. The molecular weight excluding hydrogens is 336 g/mol. The van der Waals surface area contributed by atoms with Crippen LogP contribution in [0.2, 0.25) is 0 Å². The van der Waals surface area contributed by atoms with Gasteiger partial charge in [0.25, 0.3) is 0 Å². The molecule has 7 nitrogen and oxygen atoms in total. The Kier molecular flexibility index (Phi) is 4.33. The van der Waals surface area contributed by atoms with E-state index in [-0.39, 0.29) is 17.5 Å². The first-order valence-electron chi connectivity index (χ1n) is 6.92. The molecule has 0 fully saturated rings. The predicted molar refractivity (Wildman–Crippen MR) is 85.9 cm³/mol. The molecule has 0 aliphatic rings. The molecule has 3 aromatic rings. The van der Waals surface area contributed by atoms with Gasteiger partial charge in [-0.15, -0.1) is 11.3 Å². The van der Waals surface area contributed by atoms with Crippen molar-refractivity contribution in [1.29, 1.82) is 0 Å². The van der Waals surface area contributed by atoms with Crippen molar-refractivity contribution >= 4 is 21.4 Å². The number of nitrogens with zero attached hydrogens (tertiary/aromatic N) is 3. The fourth-order valence-corrected chi connectivity index (χ4v) is 4.06. The van der Waals surface area contributed by atoms with Crippen LogP contribution in [0.3, 0.4) is 0 Å². The topological polar surface area (TPSA) is 90.0 Å². The zero-order chi connectivity index (χ0) is 16.4. The second-order valence-corrected chi connectivity index (χ2v) is 7.86. The number of aryl methyl sites for hydroxylation is 2. The standard InChI is InChI=1S/C14H16N4O3S2/c1-10-6-11(2)18(17-10)13(14-4-3-5-22-14)8-16-23(19,20)12-7-15-21-9-12/h3-7,9,13,16H,8H2,1-2H3. The number of nitrogens with one attached hydrogen (secondary N) is 1. The van der Waals surface area contributed by atoms with Crippen molar-refractivity contribution in [2.24, 2.45) is 0 Å². The number of thiophene rings is 1. The zero-order valence-electron chi connectivity index (χ0n) is 12.6. The molecule has 0 radical (unpaired) electrons. The molecule has 0 aromatic carbocycles. The van der Waals surface area contributed by atoms with Gasteiger partial charge < -0.3 is 4.52 Å². The third kappa shape index (κ3) is 3.36. The van der Waals surface area contributed by atoms with Crippen LogP contribution in [0, 0.1) is 13.8 Å². The summed E-state index contributed by atoms with van der Waals surface area (Å²) in [6.07, 6.45) is 2.28. The second-order valence-electron chi connectivity index (χ2n) is 5.11. The van der Waals surface area contributed by atoms with E-state index in [2.05, 4.69) is 19.5 Å². The molecule has 1 N–H and O–H groups in total. The van der Waals surface area contributed by atoms with Crippen LogP contribution in [0.5, 0.6) is 0 Å². The van der Waals surface area contributed by atoms with Gasteiger partial charge in [-0.3, -0.25) is 4.68 Å². The van der Waals surface area contributed by atoms with Crippen LogP contribution in [-0.4, -0.2) is 29.9 Å². The van der Waals surface area contributed by atoms with E-state index in [0.29, 0.717) is 0 Å². The van der Waals surface area contributed by atoms with Gasteiger partial charge in [0.1, 0.15) is 11.2 Å². The molecule has 0 aliphatic carbocycles. The van der Waals surface area contributed by atoms with E-state index in [1.54, 1.807) is 11.3 Å². The van der Waals surface area contributed by atoms with Crippen LogP contribution >= 0.6 is 11.3 Å². The first-order valence-corrected chi connectivity index (χ1v) is 9.29. The molecule has 0 bridgehead atoms. The van der Waals surface area contributed by atoms with Gasteiger partial charge in [-0.2, -0.15) is 5.10 Å². The Morgan fingerprint density at radius 3 is 2.83 bits per heavy atom. The Bertz CT molecular complexity index is 867. The molecule has 122 valence electrons. The van der Waals surface area contributed by atoms with Crippen molar-refractivity contribution in [3.8, 4) is 0 Å². The largest absolute Gasteiger partial charge is 0.363 e. The van der Waals surface area contributed by atoms with Crippen molar-refractivity contribution in [2.75, 3.05) is 6.54 Å². The summed E-state index contributed by atoms with van der Waals surface area (Å²) in [6.45, 7) is 4.06. The molecule has 0 spiro atoms. The molecule has 3 rings (SSSR count). The average Bonchev–Trinajstić information content (AvgIpc) is 3.22. The van der Waals surface area contributed by atoms with E-state index in [9.17, 15) is 8.42 Å². The lowest BCUT2D eigenvalue weighted by Crippen LogP contribution is -2.31. The van der Waals surface area contributed by atoms with Crippen molar-refractivity contribution in [3.63, 3.8) is 0 Å². The van der Waals surface area contributed by atoms with Crippen LogP contribution in [0.1, 0.15) is 22.3 Å². The Balaban J connectivity index is 1.87. The van der Waals surface area contributed by atoms with Crippen molar-refractivity contribution in [2.45, 2.75) is 24.8 Å². The van der Waals surface area contributed by atoms with Gasteiger partial charge in [0.2, 0.25) is 10.0 Å². The van der Waals surface area contributed by atoms with E-state index in [4.69, 9.17) is 0 Å². The van der Waals surface area contributed by atoms with Gasteiger partial charge in [0.05, 0.1) is 17.9 Å². The van der Waals surface area contributed by atoms with Crippen molar-refractivity contribution < 1.29 is 12.9 Å². The first kappa shape index (κ1) is 15.9. The number of hydrogen-bond donors (Lipinski definition) is 1. The van der Waals surface area contributed by atoms with Crippen molar-refractivity contribution in [1.82, 2.24) is 19.7 Å². The zero-order valence-corrected chi connectivity index (χ0v) is 14.3. The summed E-state index contributed by atoms with van der Waals surface area (Å²) in [4.78, 5) is 1.04. The van der Waals surface area contributed by atoms with Crippen LogP contribution < -0.4 is 4.72 Å². The fraction of sp³-hybridized carbons (Fsp3) is 0.286. The summed E-state index contributed by atoms with van der Waals surface area (Å²) in [5.74, 6) is 0. The normalized spacial score (nSPS) is 13.3. The number of sulfonamides is 1. The highest BCUT2D eigenvalue weighted by molar-refractivity contribution is 7.89. The molecule has 3 aromatic heterocycles. The molecule has 0 amide bonds. The van der Waals surface area contributed by atoms with E-state index in [1.165, 1.54) is 6.20 Å². The lowest BCUT2D eigenvalue weighted by Gasteiger charge is -2.18. The van der Waals surface area contributed by atoms with Crippen LogP contribution in [-0.2, 0) is 10.0 Å². The SMILES string of the molecule is Cc1cc(C)n(C(CNS(=O)(=O)c2cnoc2)c2cccs2)n1. The molecule has 1 unspecified atom stereocenters. The molecule has 3 heterocycles. The molecule has 1 atom stereocenters. The Hall–Kier alpha value is -1.97. The molecule has 23 heavy (non-hydrogen) atoms. The minimum atomic E-state index is -3.66. The van der Waals surface area contributed by atoms with Gasteiger partial charge in [0, 0.05) is 17.1 Å².